The SMILES string of the molecule is CCOc1cc(NC2CC(O)C2)nc(C)n1. The number of nitrogens with one attached hydrogen (secondary N) is 1. The summed E-state index contributed by atoms with van der Waals surface area (Å²) in [6.45, 7) is 4.36. The summed E-state index contributed by atoms with van der Waals surface area (Å²) in [5.41, 5.74) is 0. The van der Waals surface area contributed by atoms with Gasteiger partial charge in [-0.25, -0.2) is 4.98 Å². The molecule has 16 heavy (non-hydrogen) atoms. The quantitative estimate of drug-likeness (QED) is 0.800. The van der Waals surface area contributed by atoms with Gasteiger partial charge in [-0.3, -0.25) is 0 Å². The summed E-state index contributed by atoms with van der Waals surface area (Å²) in [4.78, 5) is 8.45. The van der Waals surface area contributed by atoms with Crippen molar-refractivity contribution in [2.45, 2.75) is 38.8 Å². The minimum atomic E-state index is -0.160. The summed E-state index contributed by atoms with van der Waals surface area (Å²) >= 11 is 0. The van der Waals surface area contributed by atoms with Gasteiger partial charge < -0.3 is 15.2 Å². The van der Waals surface area contributed by atoms with Crippen LogP contribution in [0.5, 0.6) is 5.88 Å². The van der Waals surface area contributed by atoms with Crippen LogP contribution in [-0.4, -0.2) is 33.8 Å². The van der Waals surface area contributed by atoms with Crippen molar-refractivity contribution >= 4 is 5.82 Å². The Labute approximate surface area is 94.9 Å². The second-order valence-corrected chi connectivity index (χ2v) is 4.04. The molecule has 0 saturated heterocycles. The molecule has 1 heterocycles. The average Bonchev–Trinajstić information content (AvgIpc) is 2.15. The van der Waals surface area contributed by atoms with E-state index in [1.165, 1.54) is 0 Å². The molecule has 0 radical (unpaired) electrons. The predicted octanol–water partition coefficient (Wildman–Crippen LogP) is 1.12. The van der Waals surface area contributed by atoms with Gasteiger partial charge in [0, 0.05) is 12.1 Å². The lowest BCUT2D eigenvalue weighted by Crippen LogP contribution is -2.39. The van der Waals surface area contributed by atoms with Gasteiger partial charge in [-0.05, 0) is 26.7 Å². The molecule has 2 N–H and O–H groups in total. The van der Waals surface area contributed by atoms with Crippen molar-refractivity contribution in [1.82, 2.24) is 9.97 Å². The Morgan fingerprint density at radius 2 is 2.25 bits per heavy atom. The smallest absolute Gasteiger partial charge is 0.218 e. The Kier molecular flexibility index (Phi) is 3.24. The molecule has 88 valence electrons. The lowest BCUT2D eigenvalue weighted by atomic mass is 9.89. The van der Waals surface area contributed by atoms with E-state index in [1.807, 2.05) is 13.8 Å². The van der Waals surface area contributed by atoms with Gasteiger partial charge >= 0.3 is 0 Å². The lowest BCUT2D eigenvalue weighted by Gasteiger charge is -2.32. The second kappa shape index (κ2) is 4.65. The number of ether oxygens (including phenoxy) is 1. The molecule has 5 nitrogen and oxygen atoms in total. The predicted molar refractivity (Wildman–Crippen MR) is 60.6 cm³/mol. The monoisotopic (exact) mass is 223 g/mol. The van der Waals surface area contributed by atoms with E-state index in [4.69, 9.17) is 4.74 Å². The molecule has 0 atom stereocenters. The Balaban J connectivity index is 2.02. The fraction of sp³-hybridized carbons (Fsp3) is 0.636. The van der Waals surface area contributed by atoms with Crippen molar-refractivity contribution < 1.29 is 9.84 Å². The minimum Gasteiger partial charge on any atom is -0.478 e. The zero-order chi connectivity index (χ0) is 11.5. The molecule has 0 spiro atoms. The third kappa shape index (κ3) is 2.61. The number of aliphatic hydroxyl groups is 1. The second-order valence-electron chi connectivity index (χ2n) is 4.04. The Morgan fingerprint density at radius 1 is 1.50 bits per heavy atom. The van der Waals surface area contributed by atoms with Crippen LogP contribution < -0.4 is 10.1 Å². The molecule has 1 fully saturated rings. The van der Waals surface area contributed by atoms with Crippen LogP contribution in [0.3, 0.4) is 0 Å². The number of aryl methyl sites for hydroxylation is 1. The maximum atomic E-state index is 9.19. The fourth-order valence-electron chi connectivity index (χ4n) is 1.75. The number of hydrogen-bond donors (Lipinski definition) is 2. The molecule has 2 rings (SSSR count). The minimum absolute atomic E-state index is 0.160. The summed E-state index contributed by atoms with van der Waals surface area (Å²) in [6.07, 6.45) is 1.41. The number of aliphatic hydroxyl groups excluding tert-OH is 1. The van der Waals surface area contributed by atoms with Crippen LogP contribution in [0, 0.1) is 6.92 Å². The molecule has 0 aliphatic heterocycles. The van der Waals surface area contributed by atoms with Crippen LogP contribution >= 0.6 is 0 Å². The standard InChI is InChI=1S/C11H17N3O2/c1-3-16-11-6-10(12-7(2)13-11)14-8-4-9(15)5-8/h6,8-9,15H,3-5H2,1-2H3,(H,12,13,14). The third-order valence-electron chi connectivity index (χ3n) is 2.57. The molecule has 1 saturated carbocycles. The van der Waals surface area contributed by atoms with Gasteiger partial charge in [0.05, 0.1) is 12.7 Å². The van der Waals surface area contributed by atoms with E-state index in [-0.39, 0.29) is 6.10 Å². The number of nitrogens with zero attached hydrogens (tertiary/aromatic N) is 2. The Hall–Kier alpha value is -1.36. The summed E-state index contributed by atoms with van der Waals surface area (Å²) in [5.74, 6) is 2.05. The highest BCUT2D eigenvalue weighted by molar-refractivity contribution is 5.40. The number of anilines is 1. The van der Waals surface area contributed by atoms with Crippen molar-refractivity contribution in [2.24, 2.45) is 0 Å². The first-order valence-corrected chi connectivity index (χ1v) is 5.60. The third-order valence-corrected chi connectivity index (χ3v) is 2.57. The summed E-state index contributed by atoms with van der Waals surface area (Å²) in [5, 5.41) is 12.4. The fourth-order valence-corrected chi connectivity index (χ4v) is 1.75. The van der Waals surface area contributed by atoms with E-state index >= 15 is 0 Å². The number of aromatic nitrogens is 2. The maximum Gasteiger partial charge on any atom is 0.218 e. The van der Waals surface area contributed by atoms with Gasteiger partial charge in [0.1, 0.15) is 11.6 Å². The first-order valence-electron chi connectivity index (χ1n) is 5.60. The summed E-state index contributed by atoms with van der Waals surface area (Å²) < 4.78 is 5.34. The van der Waals surface area contributed by atoms with Crippen LogP contribution in [0.2, 0.25) is 0 Å². The van der Waals surface area contributed by atoms with E-state index in [0.717, 1.165) is 18.7 Å². The van der Waals surface area contributed by atoms with Crippen LogP contribution in [0.15, 0.2) is 6.07 Å². The number of hydrogen-bond acceptors (Lipinski definition) is 5. The number of rotatable bonds is 4. The normalized spacial score (nSPS) is 23.7. The molecule has 1 aromatic heterocycles. The topological polar surface area (TPSA) is 67.3 Å². The molecule has 5 heteroatoms. The molecule has 0 unspecified atom stereocenters. The first kappa shape index (κ1) is 11.1. The maximum absolute atomic E-state index is 9.19. The molecule has 1 aliphatic carbocycles. The van der Waals surface area contributed by atoms with E-state index in [0.29, 0.717) is 24.4 Å². The molecular weight excluding hydrogens is 206 g/mol. The van der Waals surface area contributed by atoms with Gasteiger partial charge in [-0.15, -0.1) is 0 Å². The van der Waals surface area contributed by atoms with E-state index in [1.54, 1.807) is 6.07 Å². The van der Waals surface area contributed by atoms with Crippen LogP contribution in [-0.2, 0) is 0 Å². The molecular formula is C11H17N3O2. The van der Waals surface area contributed by atoms with Gasteiger partial charge in [0.25, 0.3) is 0 Å². The molecule has 1 aliphatic rings. The zero-order valence-corrected chi connectivity index (χ0v) is 9.60. The van der Waals surface area contributed by atoms with Gasteiger partial charge in [-0.2, -0.15) is 4.98 Å². The summed E-state index contributed by atoms with van der Waals surface area (Å²) in [6, 6.07) is 2.11. The molecule has 0 amide bonds. The van der Waals surface area contributed by atoms with Crippen LogP contribution in [0.25, 0.3) is 0 Å². The average molecular weight is 223 g/mol. The molecule has 0 aromatic carbocycles. The van der Waals surface area contributed by atoms with E-state index < -0.39 is 0 Å². The highest BCUT2D eigenvalue weighted by atomic mass is 16.5. The van der Waals surface area contributed by atoms with Crippen molar-refractivity contribution in [3.8, 4) is 5.88 Å². The highest BCUT2D eigenvalue weighted by Gasteiger charge is 2.27. The largest absolute Gasteiger partial charge is 0.478 e. The molecule has 1 aromatic rings. The van der Waals surface area contributed by atoms with Crippen molar-refractivity contribution in [2.75, 3.05) is 11.9 Å². The van der Waals surface area contributed by atoms with Crippen molar-refractivity contribution in [1.29, 1.82) is 0 Å². The van der Waals surface area contributed by atoms with E-state index in [2.05, 4.69) is 15.3 Å². The van der Waals surface area contributed by atoms with E-state index in [9.17, 15) is 5.11 Å². The molecule has 0 bridgehead atoms. The van der Waals surface area contributed by atoms with Crippen molar-refractivity contribution in [3.05, 3.63) is 11.9 Å². The van der Waals surface area contributed by atoms with Gasteiger partial charge in [0.2, 0.25) is 5.88 Å². The van der Waals surface area contributed by atoms with Crippen LogP contribution in [0.1, 0.15) is 25.6 Å². The summed E-state index contributed by atoms with van der Waals surface area (Å²) in [7, 11) is 0. The lowest BCUT2D eigenvalue weighted by molar-refractivity contribution is 0.0835. The first-order chi connectivity index (χ1) is 7.67. The Morgan fingerprint density at radius 3 is 2.88 bits per heavy atom. The van der Waals surface area contributed by atoms with Gasteiger partial charge in [-0.1, -0.05) is 0 Å². The Bertz CT molecular complexity index is 364. The highest BCUT2D eigenvalue weighted by Crippen LogP contribution is 2.24. The van der Waals surface area contributed by atoms with Crippen molar-refractivity contribution in [3.63, 3.8) is 0 Å². The van der Waals surface area contributed by atoms with Gasteiger partial charge in [0.15, 0.2) is 0 Å². The van der Waals surface area contributed by atoms with Crippen LogP contribution in [0.4, 0.5) is 5.82 Å². The zero-order valence-electron chi connectivity index (χ0n) is 9.60.